The number of pyridine rings is 4. The normalized spacial score (nSPS) is 10.0. The Labute approximate surface area is 202 Å². The summed E-state index contributed by atoms with van der Waals surface area (Å²) in [6, 6.07) is 10.8. The van der Waals surface area contributed by atoms with E-state index in [2.05, 4.69) is 19.9 Å². The summed E-state index contributed by atoms with van der Waals surface area (Å²) < 4.78 is 0. The summed E-state index contributed by atoms with van der Waals surface area (Å²) in [4.78, 5) is 59.2. The fraction of sp³-hybridized carbons (Fsp3) is 0. The SMILES string of the molecule is O=C(O)c1ccnc(-c2cc(C(=O)O)ccn2)c1.O=C(O)c1ccnc(-c2cc(C(=O)O)ccn2)c1. The Hall–Kier alpha value is -5.52. The van der Waals surface area contributed by atoms with E-state index in [-0.39, 0.29) is 22.3 Å². The number of hydrogen-bond acceptors (Lipinski definition) is 8. The van der Waals surface area contributed by atoms with Gasteiger partial charge in [-0.15, -0.1) is 0 Å². The minimum Gasteiger partial charge on any atom is -0.478 e. The van der Waals surface area contributed by atoms with Gasteiger partial charge in [-0.2, -0.15) is 0 Å². The minimum absolute atomic E-state index is 0.0718. The number of carbonyl (C=O) groups is 4. The van der Waals surface area contributed by atoms with E-state index in [9.17, 15) is 19.2 Å². The molecule has 0 aliphatic rings. The number of carboxylic acids is 4. The van der Waals surface area contributed by atoms with Crippen molar-refractivity contribution in [3.8, 4) is 22.8 Å². The molecule has 0 saturated carbocycles. The van der Waals surface area contributed by atoms with E-state index >= 15 is 0 Å². The lowest BCUT2D eigenvalue weighted by molar-refractivity contribution is 0.0686. The zero-order valence-electron chi connectivity index (χ0n) is 18.1. The first-order valence-electron chi connectivity index (χ1n) is 9.94. The van der Waals surface area contributed by atoms with Crippen LogP contribution in [-0.2, 0) is 0 Å². The standard InChI is InChI=1S/2C12H8N2O4/c2*15-11(16)7-1-3-13-9(5-7)10-6-8(12(17)18)2-4-14-10/h2*1-6H,(H,15,16)(H,17,18). The maximum atomic E-state index is 10.8. The number of carboxylic acid groups (broad SMARTS) is 4. The van der Waals surface area contributed by atoms with Gasteiger partial charge in [0.05, 0.1) is 45.0 Å². The highest BCUT2D eigenvalue weighted by atomic mass is 16.4. The van der Waals surface area contributed by atoms with Crippen LogP contribution in [0.3, 0.4) is 0 Å². The topological polar surface area (TPSA) is 201 Å². The number of aromatic nitrogens is 4. The summed E-state index contributed by atoms with van der Waals surface area (Å²) in [6.07, 6.45) is 5.36. The zero-order valence-corrected chi connectivity index (χ0v) is 18.1. The van der Waals surface area contributed by atoms with Crippen LogP contribution >= 0.6 is 0 Å². The summed E-state index contributed by atoms with van der Waals surface area (Å²) in [7, 11) is 0. The quantitative estimate of drug-likeness (QED) is 0.309. The van der Waals surface area contributed by atoms with Gasteiger partial charge in [-0.3, -0.25) is 19.9 Å². The molecule has 12 heteroatoms. The summed E-state index contributed by atoms with van der Waals surface area (Å²) >= 11 is 0. The molecule has 0 aliphatic heterocycles. The maximum absolute atomic E-state index is 10.8. The number of hydrogen-bond donors (Lipinski definition) is 4. The van der Waals surface area contributed by atoms with Gasteiger partial charge in [-0.05, 0) is 48.5 Å². The van der Waals surface area contributed by atoms with Gasteiger partial charge < -0.3 is 20.4 Å². The van der Waals surface area contributed by atoms with Crippen LogP contribution in [0.4, 0.5) is 0 Å². The van der Waals surface area contributed by atoms with Crippen molar-refractivity contribution < 1.29 is 39.6 Å². The van der Waals surface area contributed by atoms with Gasteiger partial charge in [-0.1, -0.05) is 0 Å². The van der Waals surface area contributed by atoms with Crippen molar-refractivity contribution in [3.63, 3.8) is 0 Å². The van der Waals surface area contributed by atoms with Gasteiger partial charge in [0.25, 0.3) is 0 Å². The van der Waals surface area contributed by atoms with Crippen molar-refractivity contribution in [2.24, 2.45) is 0 Å². The minimum atomic E-state index is -1.08. The molecule has 180 valence electrons. The van der Waals surface area contributed by atoms with Crippen molar-refractivity contribution in [1.29, 1.82) is 0 Å². The molecule has 0 bridgehead atoms. The molecule has 0 radical (unpaired) electrons. The van der Waals surface area contributed by atoms with Crippen LogP contribution in [0.5, 0.6) is 0 Å². The van der Waals surface area contributed by atoms with E-state index < -0.39 is 23.9 Å². The molecule has 4 aromatic rings. The van der Waals surface area contributed by atoms with E-state index in [0.717, 1.165) is 0 Å². The van der Waals surface area contributed by atoms with Crippen LogP contribution in [0.2, 0.25) is 0 Å². The third-order valence-corrected chi connectivity index (χ3v) is 4.55. The molecule has 0 saturated heterocycles. The fourth-order valence-electron chi connectivity index (χ4n) is 2.81. The Morgan fingerprint density at radius 1 is 0.417 bits per heavy atom. The van der Waals surface area contributed by atoms with Gasteiger partial charge in [0.1, 0.15) is 0 Å². The summed E-state index contributed by atoms with van der Waals surface area (Å²) in [6.45, 7) is 0. The second-order valence-corrected chi connectivity index (χ2v) is 6.94. The molecule has 4 aromatic heterocycles. The van der Waals surface area contributed by atoms with Crippen molar-refractivity contribution in [1.82, 2.24) is 19.9 Å². The molecule has 0 aromatic carbocycles. The first-order valence-corrected chi connectivity index (χ1v) is 9.94. The van der Waals surface area contributed by atoms with Crippen LogP contribution in [0, 0.1) is 0 Å². The lowest BCUT2D eigenvalue weighted by Crippen LogP contribution is -2.00. The van der Waals surface area contributed by atoms with Crippen molar-refractivity contribution in [2.45, 2.75) is 0 Å². The van der Waals surface area contributed by atoms with Gasteiger partial charge in [0.15, 0.2) is 0 Å². The predicted molar refractivity (Wildman–Crippen MR) is 123 cm³/mol. The van der Waals surface area contributed by atoms with Gasteiger partial charge in [0.2, 0.25) is 0 Å². The Bertz CT molecular complexity index is 1250. The summed E-state index contributed by atoms with van der Waals surface area (Å²) in [5.74, 6) is -4.30. The Kier molecular flexibility index (Phi) is 7.72. The Morgan fingerprint density at radius 3 is 0.778 bits per heavy atom. The number of aromatic carboxylic acids is 4. The molecular weight excluding hydrogens is 472 g/mol. The average Bonchev–Trinajstić information content (AvgIpc) is 2.89. The van der Waals surface area contributed by atoms with Crippen LogP contribution in [-0.4, -0.2) is 64.2 Å². The second kappa shape index (κ2) is 11.1. The van der Waals surface area contributed by atoms with E-state index in [4.69, 9.17) is 20.4 Å². The third-order valence-electron chi connectivity index (χ3n) is 4.55. The summed E-state index contributed by atoms with van der Waals surface area (Å²) in [5.41, 5.74) is 1.56. The van der Waals surface area contributed by atoms with Crippen LogP contribution < -0.4 is 0 Å². The van der Waals surface area contributed by atoms with E-state index in [1.54, 1.807) is 0 Å². The zero-order chi connectivity index (χ0) is 26.2. The average molecular weight is 488 g/mol. The monoisotopic (exact) mass is 488 g/mol. The largest absolute Gasteiger partial charge is 0.478 e. The van der Waals surface area contributed by atoms with Crippen LogP contribution in [0.15, 0.2) is 73.3 Å². The van der Waals surface area contributed by atoms with Crippen LogP contribution in [0.1, 0.15) is 41.4 Å². The van der Waals surface area contributed by atoms with E-state index in [1.807, 2.05) is 0 Å². The molecule has 0 fully saturated rings. The molecule has 36 heavy (non-hydrogen) atoms. The molecule has 0 atom stereocenters. The summed E-state index contributed by atoms with van der Waals surface area (Å²) in [5, 5.41) is 35.4. The van der Waals surface area contributed by atoms with Crippen molar-refractivity contribution >= 4 is 23.9 Å². The third kappa shape index (κ3) is 6.29. The molecule has 4 N–H and O–H groups in total. The second-order valence-electron chi connectivity index (χ2n) is 6.94. The van der Waals surface area contributed by atoms with Gasteiger partial charge in [-0.25, -0.2) is 19.2 Å². The van der Waals surface area contributed by atoms with E-state index in [1.165, 1.54) is 73.3 Å². The number of rotatable bonds is 6. The van der Waals surface area contributed by atoms with Gasteiger partial charge in [0, 0.05) is 24.8 Å². The number of nitrogens with zero attached hydrogens (tertiary/aromatic N) is 4. The predicted octanol–water partition coefficient (Wildman–Crippen LogP) is 3.08. The maximum Gasteiger partial charge on any atom is 0.335 e. The first-order chi connectivity index (χ1) is 17.2. The Balaban J connectivity index is 0.000000201. The first kappa shape index (κ1) is 25.1. The molecule has 12 nitrogen and oxygen atoms in total. The molecule has 0 spiro atoms. The molecule has 0 aliphatic carbocycles. The van der Waals surface area contributed by atoms with Gasteiger partial charge >= 0.3 is 23.9 Å². The molecule has 4 heterocycles. The lowest BCUT2D eigenvalue weighted by Gasteiger charge is -2.02. The fourth-order valence-corrected chi connectivity index (χ4v) is 2.81. The van der Waals surface area contributed by atoms with E-state index in [0.29, 0.717) is 22.8 Å². The van der Waals surface area contributed by atoms with Crippen molar-refractivity contribution in [3.05, 3.63) is 95.6 Å². The molecule has 0 unspecified atom stereocenters. The van der Waals surface area contributed by atoms with Crippen LogP contribution in [0.25, 0.3) is 22.8 Å². The lowest BCUT2D eigenvalue weighted by atomic mass is 10.1. The molecule has 4 rings (SSSR count). The highest BCUT2D eigenvalue weighted by Gasteiger charge is 2.11. The molecule has 0 amide bonds. The highest BCUT2D eigenvalue weighted by Crippen LogP contribution is 2.18. The molecular formula is C24H16N4O8. The highest BCUT2D eigenvalue weighted by molar-refractivity contribution is 5.91. The Morgan fingerprint density at radius 2 is 0.611 bits per heavy atom. The van der Waals surface area contributed by atoms with Crippen molar-refractivity contribution in [2.75, 3.05) is 0 Å². The smallest absolute Gasteiger partial charge is 0.335 e.